The van der Waals surface area contributed by atoms with Gasteiger partial charge in [-0.1, -0.05) is 35.4 Å². The molecule has 144 valence electrons. The van der Waals surface area contributed by atoms with Crippen LogP contribution in [0.3, 0.4) is 0 Å². The van der Waals surface area contributed by atoms with E-state index in [-0.39, 0.29) is 19.1 Å². The van der Waals surface area contributed by atoms with E-state index in [0.29, 0.717) is 17.3 Å². The summed E-state index contributed by atoms with van der Waals surface area (Å²) < 4.78 is 10.4. The second-order valence-electron chi connectivity index (χ2n) is 6.54. The first-order valence-electron chi connectivity index (χ1n) is 8.61. The van der Waals surface area contributed by atoms with E-state index in [4.69, 9.17) is 21.1 Å². The molecule has 0 aliphatic carbocycles. The monoisotopic (exact) mass is 389 g/mol. The summed E-state index contributed by atoms with van der Waals surface area (Å²) in [4.78, 5) is 25.6. The number of esters is 1. The number of ether oxygens (including phenoxy) is 2. The van der Waals surface area contributed by atoms with Crippen LogP contribution in [0.1, 0.15) is 22.3 Å². The molecule has 5 nitrogen and oxygen atoms in total. The molecule has 0 bridgehead atoms. The summed E-state index contributed by atoms with van der Waals surface area (Å²) in [5.41, 5.74) is 4.18. The van der Waals surface area contributed by atoms with Gasteiger partial charge < -0.3 is 14.4 Å². The molecule has 1 amide bonds. The molecular weight excluding hydrogens is 366 g/mol. The van der Waals surface area contributed by atoms with E-state index in [9.17, 15) is 9.59 Å². The highest BCUT2D eigenvalue weighted by Crippen LogP contribution is 2.21. The SMILES string of the molecule is Cc1ccc(CN(C)C(=O)COC(=O)COc2ccc(Cl)cc2C)c(C)c1. The molecule has 2 aromatic rings. The van der Waals surface area contributed by atoms with Gasteiger partial charge >= 0.3 is 5.97 Å². The number of nitrogens with zero attached hydrogens (tertiary/aromatic N) is 1. The summed E-state index contributed by atoms with van der Waals surface area (Å²) >= 11 is 5.88. The van der Waals surface area contributed by atoms with Crippen molar-refractivity contribution in [2.75, 3.05) is 20.3 Å². The molecule has 0 heterocycles. The van der Waals surface area contributed by atoms with Gasteiger partial charge in [0.2, 0.25) is 0 Å². The Morgan fingerprint density at radius 2 is 1.74 bits per heavy atom. The number of carbonyl (C=O) groups is 2. The lowest BCUT2D eigenvalue weighted by Crippen LogP contribution is -2.31. The Balaban J connectivity index is 1.79. The Bertz CT molecular complexity index is 835. The van der Waals surface area contributed by atoms with Crippen molar-refractivity contribution < 1.29 is 19.1 Å². The van der Waals surface area contributed by atoms with Gasteiger partial charge in [-0.15, -0.1) is 0 Å². The van der Waals surface area contributed by atoms with Crippen LogP contribution in [0.5, 0.6) is 5.75 Å². The van der Waals surface area contributed by atoms with Crippen molar-refractivity contribution in [2.24, 2.45) is 0 Å². The lowest BCUT2D eigenvalue weighted by atomic mass is 10.1. The number of halogens is 1. The lowest BCUT2D eigenvalue weighted by Gasteiger charge is -2.19. The van der Waals surface area contributed by atoms with E-state index < -0.39 is 5.97 Å². The maximum absolute atomic E-state index is 12.2. The minimum atomic E-state index is -0.599. The van der Waals surface area contributed by atoms with Gasteiger partial charge in [0.05, 0.1) is 0 Å². The highest BCUT2D eigenvalue weighted by molar-refractivity contribution is 6.30. The Morgan fingerprint density at radius 1 is 1.00 bits per heavy atom. The van der Waals surface area contributed by atoms with Crippen LogP contribution in [0.15, 0.2) is 36.4 Å². The minimum absolute atomic E-state index is 0.267. The highest BCUT2D eigenvalue weighted by atomic mass is 35.5. The van der Waals surface area contributed by atoms with Gasteiger partial charge in [-0.05, 0) is 55.7 Å². The maximum Gasteiger partial charge on any atom is 0.344 e. The summed E-state index contributed by atoms with van der Waals surface area (Å²) in [5, 5.41) is 0.597. The fourth-order valence-electron chi connectivity index (χ4n) is 2.57. The molecule has 0 spiro atoms. The molecule has 0 aliphatic rings. The molecule has 0 unspecified atom stereocenters. The molecule has 0 N–H and O–H groups in total. The van der Waals surface area contributed by atoms with E-state index in [1.54, 1.807) is 25.2 Å². The average Bonchev–Trinajstić information content (AvgIpc) is 2.61. The van der Waals surface area contributed by atoms with Gasteiger partial charge in [0.25, 0.3) is 5.91 Å². The molecule has 0 aromatic heterocycles. The van der Waals surface area contributed by atoms with Crippen LogP contribution >= 0.6 is 11.6 Å². The predicted molar refractivity (Wildman–Crippen MR) is 105 cm³/mol. The van der Waals surface area contributed by atoms with Crippen LogP contribution in [0, 0.1) is 20.8 Å². The summed E-state index contributed by atoms with van der Waals surface area (Å²) in [7, 11) is 1.68. The summed E-state index contributed by atoms with van der Waals surface area (Å²) in [5.74, 6) is -0.321. The number of aryl methyl sites for hydroxylation is 3. The van der Waals surface area contributed by atoms with Gasteiger partial charge in [0.15, 0.2) is 13.2 Å². The predicted octanol–water partition coefficient (Wildman–Crippen LogP) is 3.85. The minimum Gasteiger partial charge on any atom is -0.482 e. The van der Waals surface area contributed by atoms with Gasteiger partial charge in [-0.25, -0.2) is 4.79 Å². The molecule has 0 fully saturated rings. The van der Waals surface area contributed by atoms with Crippen molar-refractivity contribution in [3.05, 3.63) is 63.7 Å². The van der Waals surface area contributed by atoms with E-state index in [2.05, 4.69) is 6.07 Å². The van der Waals surface area contributed by atoms with E-state index in [0.717, 1.165) is 16.7 Å². The van der Waals surface area contributed by atoms with E-state index >= 15 is 0 Å². The molecule has 2 rings (SSSR count). The Hall–Kier alpha value is -2.53. The van der Waals surface area contributed by atoms with E-state index in [1.807, 2.05) is 32.9 Å². The normalized spacial score (nSPS) is 10.4. The number of likely N-dealkylation sites (N-methyl/N-ethyl adjacent to an activating group) is 1. The average molecular weight is 390 g/mol. The zero-order chi connectivity index (χ0) is 20.0. The zero-order valence-corrected chi connectivity index (χ0v) is 16.8. The third-order valence-electron chi connectivity index (χ3n) is 4.17. The van der Waals surface area contributed by atoms with Crippen LogP contribution in [-0.4, -0.2) is 37.0 Å². The lowest BCUT2D eigenvalue weighted by molar-refractivity contribution is -0.153. The fraction of sp³-hybridized carbons (Fsp3) is 0.333. The van der Waals surface area contributed by atoms with Crippen molar-refractivity contribution in [1.82, 2.24) is 4.90 Å². The first-order valence-corrected chi connectivity index (χ1v) is 8.98. The number of carbonyl (C=O) groups excluding carboxylic acids is 2. The number of benzene rings is 2. The molecule has 27 heavy (non-hydrogen) atoms. The number of hydrogen-bond donors (Lipinski definition) is 0. The molecule has 0 saturated heterocycles. The topological polar surface area (TPSA) is 55.8 Å². The van der Waals surface area contributed by atoms with Crippen molar-refractivity contribution in [3.63, 3.8) is 0 Å². The standard InChI is InChI=1S/C21H24ClNO4/c1-14-5-6-17(15(2)9-14)11-23(4)20(24)12-27-21(25)13-26-19-8-7-18(22)10-16(19)3/h5-10H,11-13H2,1-4H3. The summed E-state index contributed by atoms with van der Waals surface area (Å²) in [6.07, 6.45) is 0. The van der Waals surface area contributed by atoms with Crippen molar-refractivity contribution in [2.45, 2.75) is 27.3 Å². The van der Waals surface area contributed by atoms with Crippen LogP contribution in [-0.2, 0) is 20.9 Å². The van der Waals surface area contributed by atoms with Crippen LogP contribution < -0.4 is 4.74 Å². The quantitative estimate of drug-likeness (QED) is 0.675. The van der Waals surface area contributed by atoms with Crippen molar-refractivity contribution in [3.8, 4) is 5.75 Å². The number of amides is 1. The number of rotatable bonds is 7. The smallest absolute Gasteiger partial charge is 0.344 e. The second-order valence-corrected chi connectivity index (χ2v) is 6.98. The zero-order valence-electron chi connectivity index (χ0n) is 16.0. The second kappa shape index (κ2) is 9.42. The van der Waals surface area contributed by atoms with E-state index in [1.165, 1.54) is 10.5 Å². The Kier molecular flexibility index (Phi) is 7.25. The first kappa shape index (κ1) is 20.8. The molecule has 0 aliphatic heterocycles. The van der Waals surface area contributed by atoms with Gasteiger partial charge in [0, 0.05) is 18.6 Å². The highest BCUT2D eigenvalue weighted by Gasteiger charge is 2.14. The van der Waals surface area contributed by atoms with Crippen LogP contribution in [0.25, 0.3) is 0 Å². The summed E-state index contributed by atoms with van der Waals surface area (Å²) in [6.45, 7) is 5.75. The number of hydrogen-bond acceptors (Lipinski definition) is 4. The third-order valence-corrected chi connectivity index (χ3v) is 4.41. The Morgan fingerprint density at radius 3 is 2.41 bits per heavy atom. The molecule has 0 atom stereocenters. The fourth-order valence-corrected chi connectivity index (χ4v) is 2.80. The maximum atomic E-state index is 12.2. The van der Waals surface area contributed by atoms with Crippen molar-refractivity contribution >= 4 is 23.5 Å². The molecular formula is C21H24ClNO4. The molecule has 0 radical (unpaired) electrons. The van der Waals surface area contributed by atoms with Crippen molar-refractivity contribution in [1.29, 1.82) is 0 Å². The van der Waals surface area contributed by atoms with Crippen LogP contribution in [0.4, 0.5) is 0 Å². The van der Waals surface area contributed by atoms with Gasteiger partial charge in [0.1, 0.15) is 5.75 Å². The largest absolute Gasteiger partial charge is 0.482 e. The summed E-state index contributed by atoms with van der Waals surface area (Å²) in [6, 6.07) is 11.2. The Labute approximate surface area is 164 Å². The van der Waals surface area contributed by atoms with Crippen LogP contribution in [0.2, 0.25) is 5.02 Å². The van der Waals surface area contributed by atoms with Gasteiger partial charge in [-0.3, -0.25) is 4.79 Å². The molecule has 0 saturated carbocycles. The van der Waals surface area contributed by atoms with Gasteiger partial charge in [-0.2, -0.15) is 0 Å². The third kappa shape index (κ3) is 6.29. The first-order chi connectivity index (χ1) is 12.8. The molecule has 6 heteroatoms. The molecule has 2 aromatic carbocycles.